The molecule has 1 aliphatic carbocycles. The Morgan fingerprint density at radius 3 is 2.67 bits per heavy atom. The second-order valence-electron chi connectivity index (χ2n) is 6.15. The van der Waals surface area contributed by atoms with Crippen LogP contribution >= 0.6 is 11.6 Å². The summed E-state index contributed by atoms with van der Waals surface area (Å²) in [6.07, 6.45) is 9.65. The van der Waals surface area contributed by atoms with E-state index in [0.717, 1.165) is 31.5 Å². The van der Waals surface area contributed by atoms with Crippen LogP contribution in [0, 0.1) is 0 Å². The van der Waals surface area contributed by atoms with Gasteiger partial charge in [-0.05, 0) is 71.0 Å². The van der Waals surface area contributed by atoms with Gasteiger partial charge in [-0.1, -0.05) is 11.6 Å². The molecule has 4 nitrogen and oxygen atoms in total. The highest BCUT2D eigenvalue weighted by Gasteiger charge is 2.16. The quantitative estimate of drug-likeness (QED) is 0.647. The highest BCUT2D eigenvalue weighted by molar-refractivity contribution is 6.30. The van der Waals surface area contributed by atoms with E-state index >= 15 is 0 Å². The van der Waals surface area contributed by atoms with E-state index < -0.39 is 0 Å². The van der Waals surface area contributed by atoms with Gasteiger partial charge in [0.05, 0.1) is 5.69 Å². The van der Waals surface area contributed by atoms with Crippen LogP contribution in [0.15, 0.2) is 0 Å². The number of halogens is 1. The summed E-state index contributed by atoms with van der Waals surface area (Å²) in [6.45, 7) is 4.74. The summed E-state index contributed by atoms with van der Waals surface area (Å²) in [4.78, 5) is 11.6. The van der Waals surface area contributed by atoms with Gasteiger partial charge in [0, 0.05) is 12.1 Å². The molecule has 0 atom stereocenters. The summed E-state index contributed by atoms with van der Waals surface area (Å²) in [5, 5.41) is 3.99. The number of rotatable bonds is 6. The Labute approximate surface area is 132 Å². The molecule has 5 heteroatoms. The van der Waals surface area contributed by atoms with Gasteiger partial charge in [-0.15, -0.1) is 0 Å². The van der Waals surface area contributed by atoms with Gasteiger partial charge < -0.3 is 10.2 Å². The van der Waals surface area contributed by atoms with Crippen LogP contribution in [-0.4, -0.2) is 41.0 Å². The van der Waals surface area contributed by atoms with Crippen molar-refractivity contribution in [1.82, 2.24) is 14.9 Å². The van der Waals surface area contributed by atoms with Gasteiger partial charge in [0.2, 0.25) is 5.95 Å². The zero-order valence-electron chi connectivity index (χ0n) is 12.7. The minimum absolute atomic E-state index is 0.652. The Morgan fingerprint density at radius 1 is 1.00 bits per heavy atom. The number of hydrogen-bond acceptors (Lipinski definition) is 4. The van der Waals surface area contributed by atoms with Crippen molar-refractivity contribution in [2.75, 3.05) is 31.5 Å². The fourth-order valence-electron chi connectivity index (χ4n) is 3.29. The van der Waals surface area contributed by atoms with Crippen molar-refractivity contribution in [2.24, 2.45) is 0 Å². The van der Waals surface area contributed by atoms with Crippen LogP contribution in [0.25, 0.3) is 0 Å². The Morgan fingerprint density at radius 2 is 1.81 bits per heavy atom. The molecule has 2 aliphatic rings. The molecule has 0 spiro atoms. The molecule has 0 aromatic carbocycles. The summed E-state index contributed by atoms with van der Waals surface area (Å²) in [5.41, 5.74) is 2.32. The highest BCUT2D eigenvalue weighted by atomic mass is 35.5. The molecule has 1 aromatic rings. The van der Waals surface area contributed by atoms with Gasteiger partial charge in [0.25, 0.3) is 0 Å². The molecule has 1 aromatic heterocycles. The maximum absolute atomic E-state index is 6.28. The van der Waals surface area contributed by atoms with Crippen molar-refractivity contribution in [2.45, 2.75) is 51.4 Å². The van der Waals surface area contributed by atoms with E-state index in [4.69, 9.17) is 11.6 Å². The van der Waals surface area contributed by atoms with Gasteiger partial charge >= 0.3 is 0 Å². The topological polar surface area (TPSA) is 41.1 Å². The SMILES string of the molecule is Clc1nc(NCCCCN2CCCC2)nc2c1CCCC2. The Balaban J connectivity index is 1.43. The van der Waals surface area contributed by atoms with Gasteiger partial charge in [-0.25, -0.2) is 9.97 Å². The van der Waals surface area contributed by atoms with Crippen LogP contribution in [0.2, 0.25) is 5.15 Å². The van der Waals surface area contributed by atoms with Gasteiger partial charge in [-0.3, -0.25) is 0 Å². The smallest absolute Gasteiger partial charge is 0.224 e. The van der Waals surface area contributed by atoms with E-state index in [-0.39, 0.29) is 0 Å². The lowest BCUT2D eigenvalue weighted by atomic mass is 9.97. The van der Waals surface area contributed by atoms with Crippen LogP contribution in [-0.2, 0) is 12.8 Å². The monoisotopic (exact) mass is 308 g/mol. The average molecular weight is 309 g/mol. The van der Waals surface area contributed by atoms with Crippen molar-refractivity contribution >= 4 is 17.5 Å². The minimum atomic E-state index is 0.652. The van der Waals surface area contributed by atoms with Crippen molar-refractivity contribution < 1.29 is 0 Å². The molecule has 1 aliphatic heterocycles. The number of fused-ring (bicyclic) bond motifs is 1. The number of nitrogens with zero attached hydrogens (tertiary/aromatic N) is 3. The first-order chi connectivity index (χ1) is 10.3. The molecule has 1 N–H and O–H groups in total. The third kappa shape index (κ3) is 4.07. The number of aromatic nitrogens is 2. The maximum Gasteiger partial charge on any atom is 0.224 e. The largest absolute Gasteiger partial charge is 0.354 e. The van der Waals surface area contributed by atoms with Crippen LogP contribution in [0.4, 0.5) is 5.95 Å². The molecule has 0 unspecified atom stereocenters. The molecule has 116 valence electrons. The van der Waals surface area contributed by atoms with Crippen molar-refractivity contribution in [1.29, 1.82) is 0 Å². The van der Waals surface area contributed by atoms with Crippen molar-refractivity contribution in [3.8, 4) is 0 Å². The summed E-state index contributed by atoms with van der Waals surface area (Å²) < 4.78 is 0. The first-order valence-corrected chi connectivity index (χ1v) is 8.72. The molecule has 1 saturated heterocycles. The zero-order chi connectivity index (χ0) is 14.5. The molecular formula is C16H25ClN4. The van der Waals surface area contributed by atoms with Crippen LogP contribution in [0.1, 0.15) is 49.8 Å². The molecule has 0 bridgehead atoms. The van der Waals surface area contributed by atoms with Gasteiger partial charge in [0.15, 0.2) is 0 Å². The molecule has 0 saturated carbocycles. The Kier molecular flexibility index (Phi) is 5.31. The molecule has 3 rings (SSSR count). The zero-order valence-corrected chi connectivity index (χ0v) is 13.5. The lowest BCUT2D eigenvalue weighted by Gasteiger charge is -2.17. The molecule has 0 amide bonds. The number of unbranched alkanes of at least 4 members (excludes halogenated alkanes) is 1. The van der Waals surface area contributed by atoms with Crippen molar-refractivity contribution in [3.05, 3.63) is 16.4 Å². The molecule has 0 radical (unpaired) electrons. The Bertz CT molecular complexity index is 472. The third-order valence-electron chi connectivity index (χ3n) is 4.52. The Hall–Kier alpha value is -0.870. The summed E-state index contributed by atoms with van der Waals surface area (Å²) in [6, 6.07) is 0. The molecular weight excluding hydrogens is 284 g/mol. The average Bonchev–Trinajstić information content (AvgIpc) is 3.00. The number of aryl methyl sites for hydroxylation is 1. The second kappa shape index (κ2) is 7.41. The van der Waals surface area contributed by atoms with Crippen molar-refractivity contribution in [3.63, 3.8) is 0 Å². The summed E-state index contributed by atoms with van der Waals surface area (Å²) in [5.74, 6) is 0.710. The lowest BCUT2D eigenvalue weighted by Crippen LogP contribution is -2.21. The summed E-state index contributed by atoms with van der Waals surface area (Å²) >= 11 is 6.28. The highest BCUT2D eigenvalue weighted by Crippen LogP contribution is 2.26. The number of likely N-dealkylation sites (tertiary alicyclic amines) is 1. The van der Waals surface area contributed by atoms with Gasteiger partial charge in [-0.2, -0.15) is 0 Å². The second-order valence-corrected chi connectivity index (χ2v) is 6.51. The lowest BCUT2D eigenvalue weighted by molar-refractivity contribution is 0.331. The summed E-state index contributed by atoms with van der Waals surface area (Å²) in [7, 11) is 0. The van der Waals surface area contributed by atoms with E-state index in [1.165, 1.54) is 57.3 Å². The van der Waals surface area contributed by atoms with E-state index in [1.54, 1.807) is 0 Å². The normalized spacial score (nSPS) is 18.7. The van der Waals surface area contributed by atoms with Gasteiger partial charge in [0.1, 0.15) is 5.15 Å². The third-order valence-corrected chi connectivity index (χ3v) is 4.83. The standard InChI is InChI=1S/C16H25ClN4/c17-15-13-7-1-2-8-14(13)19-16(20-15)18-9-3-4-10-21-11-5-6-12-21/h1-12H2,(H,18,19,20). The fraction of sp³-hybridized carbons (Fsp3) is 0.750. The molecule has 1 fully saturated rings. The first-order valence-electron chi connectivity index (χ1n) is 8.34. The molecule has 21 heavy (non-hydrogen) atoms. The predicted molar refractivity (Wildman–Crippen MR) is 87.1 cm³/mol. The number of hydrogen-bond donors (Lipinski definition) is 1. The number of anilines is 1. The van der Waals surface area contributed by atoms with Crippen LogP contribution < -0.4 is 5.32 Å². The predicted octanol–water partition coefficient (Wildman–Crippen LogP) is 3.30. The first kappa shape index (κ1) is 15.0. The number of nitrogens with one attached hydrogen (secondary N) is 1. The van der Waals surface area contributed by atoms with E-state index in [0.29, 0.717) is 11.1 Å². The molecule has 2 heterocycles. The van der Waals surface area contributed by atoms with Crippen LogP contribution in [0.3, 0.4) is 0 Å². The minimum Gasteiger partial charge on any atom is -0.354 e. The fourth-order valence-corrected chi connectivity index (χ4v) is 3.58. The van der Waals surface area contributed by atoms with E-state index in [2.05, 4.69) is 20.2 Å². The maximum atomic E-state index is 6.28. The van der Waals surface area contributed by atoms with E-state index in [9.17, 15) is 0 Å². The van der Waals surface area contributed by atoms with Crippen LogP contribution in [0.5, 0.6) is 0 Å². The van der Waals surface area contributed by atoms with E-state index in [1.807, 2.05) is 0 Å².